The molecule has 0 fully saturated rings. The zero-order valence-corrected chi connectivity index (χ0v) is 11.7. The van der Waals surface area contributed by atoms with Gasteiger partial charge in [-0.2, -0.15) is 5.26 Å². The Hall–Kier alpha value is -1.87. The van der Waals surface area contributed by atoms with Gasteiger partial charge >= 0.3 is 0 Å². The number of fused-ring (bicyclic) bond motifs is 1. The second-order valence-electron chi connectivity index (χ2n) is 4.27. The van der Waals surface area contributed by atoms with E-state index in [9.17, 15) is 5.11 Å². The zero-order chi connectivity index (χ0) is 14.5. The summed E-state index contributed by atoms with van der Waals surface area (Å²) >= 11 is 0. The molecular weight excluding hydrogens is 256 g/mol. The Morgan fingerprint density at radius 3 is 2.50 bits per heavy atom. The molecule has 0 atom stereocenters. The summed E-state index contributed by atoms with van der Waals surface area (Å²) in [4.78, 5) is 0. The van der Waals surface area contributed by atoms with Crippen LogP contribution < -0.4 is 0 Å². The van der Waals surface area contributed by atoms with Crippen LogP contribution in [-0.2, 0) is 16.1 Å². The van der Waals surface area contributed by atoms with Crippen LogP contribution in [0.1, 0.15) is 31.5 Å². The van der Waals surface area contributed by atoms with E-state index in [2.05, 4.69) is 6.07 Å². The summed E-state index contributed by atoms with van der Waals surface area (Å²) < 4.78 is 13.0. The summed E-state index contributed by atoms with van der Waals surface area (Å²) in [6.07, 6.45) is -0.599. The molecule has 0 aliphatic rings. The first-order valence-electron chi connectivity index (χ1n) is 6.63. The van der Waals surface area contributed by atoms with Crippen molar-refractivity contribution in [3.8, 4) is 6.07 Å². The maximum atomic E-state index is 9.53. The largest absolute Gasteiger partial charge is 0.390 e. The van der Waals surface area contributed by atoms with Gasteiger partial charge in [-0.05, 0) is 32.0 Å². The van der Waals surface area contributed by atoms with Crippen molar-refractivity contribution in [1.82, 2.24) is 4.57 Å². The molecule has 5 heteroatoms. The lowest BCUT2D eigenvalue weighted by molar-refractivity contribution is -0.185. The predicted octanol–water partition coefficient (Wildman–Crippen LogP) is 2.53. The quantitative estimate of drug-likeness (QED) is 0.822. The smallest absolute Gasteiger partial charge is 0.244 e. The molecule has 2 aromatic rings. The Kier molecular flexibility index (Phi) is 4.74. The van der Waals surface area contributed by atoms with Gasteiger partial charge in [0, 0.05) is 24.3 Å². The van der Waals surface area contributed by atoms with E-state index in [1.807, 2.05) is 26.0 Å². The molecular formula is C15H18N2O3. The van der Waals surface area contributed by atoms with Crippen molar-refractivity contribution in [2.45, 2.75) is 26.9 Å². The molecule has 0 radical (unpaired) electrons. The first-order valence-corrected chi connectivity index (χ1v) is 6.63. The molecule has 0 unspecified atom stereocenters. The predicted molar refractivity (Wildman–Crippen MR) is 74.9 cm³/mol. The van der Waals surface area contributed by atoms with Crippen LogP contribution in [0.5, 0.6) is 0 Å². The number of rotatable bonds is 6. The van der Waals surface area contributed by atoms with Crippen LogP contribution in [0.4, 0.5) is 0 Å². The fourth-order valence-electron chi connectivity index (χ4n) is 2.20. The number of aliphatic hydroxyl groups excluding tert-OH is 1. The van der Waals surface area contributed by atoms with Gasteiger partial charge in [0.05, 0.1) is 23.8 Å². The Bertz CT molecular complexity index is 622. The van der Waals surface area contributed by atoms with Crippen LogP contribution in [0.2, 0.25) is 0 Å². The van der Waals surface area contributed by atoms with Crippen molar-refractivity contribution < 1.29 is 14.6 Å². The highest BCUT2D eigenvalue weighted by Gasteiger charge is 2.18. The van der Waals surface area contributed by atoms with Crippen LogP contribution in [-0.4, -0.2) is 22.9 Å². The van der Waals surface area contributed by atoms with Crippen molar-refractivity contribution in [2.24, 2.45) is 0 Å². The van der Waals surface area contributed by atoms with Gasteiger partial charge in [-0.3, -0.25) is 4.57 Å². The minimum atomic E-state index is -0.599. The Morgan fingerprint density at radius 2 is 1.95 bits per heavy atom. The molecule has 0 saturated heterocycles. The first-order chi connectivity index (χ1) is 9.74. The lowest BCUT2D eigenvalue weighted by Crippen LogP contribution is -2.18. The maximum Gasteiger partial charge on any atom is 0.244 e. The molecule has 0 spiro atoms. The molecule has 0 saturated carbocycles. The summed E-state index contributed by atoms with van der Waals surface area (Å²) in [5.41, 5.74) is 2.08. The first kappa shape index (κ1) is 14.5. The lowest BCUT2D eigenvalue weighted by Gasteiger charge is -2.21. The highest BCUT2D eigenvalue weighted by Crippen LogP contribution is 2.27. The van der Waals surface area contributed by atoms with E-state index in [0.29, 0.717) is 24.5 Å². The van der Waals surface area contributed by atoms with Crippen LogP contribution in [0, 0.1) is 11.3 Å². The fraction of sp³-hybridized carbons (Fsp3) is 0.400. The maximum absolute atomic E-state index is 9.53. The molecule has 0 aliphatic heterocycles. The SMILES string of the molecule is CCOC(OCC)n1c(CO)cc2ccc(C#N)cc21. The monoisotopic (exact) mass is 274 g/mol. The Labute approximate surface area is 118 Å². The minimum Gasteiger partial charge on any atom is -0.390 e. The van der Waals surface area contributed by atoms with Gasteiger partial charge in [-0.15, -0.1) is 0 Å². The van der Waals surface area contributed by atoms with Gasteiger partial charge in [0.15, 0.2) is 0 Å². The van der Waals surface area contributed by atoms with Crippen molar-refractivity contribution in [2.75, 3.05) is 13.2 Å². The second kappa shape index (κ2) is 6.53. The summed E-state index contributed by atoms with van der Waals surface area (Å²) in [6, 6.07) is 9.39. The van der Waals surface area contributed by atoms with Crippen molar-refractivity contribution in [3.63, 3.8) is 0 Å². The summed E-state index contributed by atoms with van der Waals surface area (Å²) in [7, 11) is 0. The molecule has 1 aromatic heterocycles. The van der Waals surface area contributed by atoms with Crippen LogP contribution in [0.25, 0.3) is 10.9 Å². The highest BCUT2D eigenvalue weighted by molar-refractivity contribution is 5.82. The van der Waals surface area contributed by atoms with Crippen molar-refractivity contribution in [1.29, 1.82) is 5.26 Å². The molecule has 1 aromatic carbocycles. The summed E-state index contributed by atoms with van der Waals surface area (Å²) in [6.45, 7) is 4.64. The minimum absolute atomic E-state index is 0.118. The number of aliphatic hydroxyl groups is 1. The number of hydrogen-bond donors (Lipinski definition) is 1. The molecule has 2 rings (SSSR count). The third-order valence-corrected chi connectivity index (χ3v) is 3.04. The van der Waals surface area contributed by atoms with Gasteiger partial charge in [-0.1, -0.05) is 6.07 Å². The van der Waals surface area contributed by atoms with Gasteiger partial charge in [0.1, 0.15) is 0 Å². The summed E-state index contributed by atoms with van der Waals surface area (Å²) in [5, 5.41) is 19.5. The van der Waals surface area contributed by atoms with E-state index in [0.717, 1.165) is 10.9 Å². The van der Waals surface area contributed by atoms with Gasteiger partial charge < -0.3 is 14.6 Å². The number of ether oxygens (including phenoxy) is 2. The number of benzene rings is 1. The molecule has 106 valence electrons. The Balaban J connectivity index is 2.60. The highest BCUT2D eigenvalue weighted by atomic mass is 16.7. The third-order valence-electron chi connectivity index (χ3n) is 3.04. The average molecular weight is 274 g/mol. The van der Waals surface area contributed by atoms with Gasteiger partial charge in [0.25, 0.3) is 0 Å². The summed E-state index contributed by atoms with van der Waals surface area (Å²) in [5.74, 6) is 0. The number of nitrogens with zero attached hydrogens (tertiary/aromatic N) is 2. The molecule has 0 amide bonds. The molecule has 0 bridgehead atoms. The van der Waals surface area contributed by atoms with E-state index in [4.69, 9.17) is 14.7 Å². The molecule has 1 heterocycles. The van der Waals surface area contributed by atoms with E-state index >= 15 is 0 Å². The Morgan fingerprint density at radius 1 is 1.25 bits per heavy atom. The fourth-order valence-corrected chi connectivity index (χ4v) is 2.20. The van der Waals surface area contributed by atoms with Gasteiger partial charge in [-0.25, -0.2) is 0 Å². The van der Waals surface area contributed by atoms with E-state index in [1.165, 1.54) is 0 Å². The number of nitriles is 1. The van der Waals surface area contributed by atoms with Crippen LogP contribution in [0.3, 0.4) is 0 Å². The molecule has 0 aliphatic carbocycles. The van der Waals surface area contributed by atoms with Crippen LogP contribution >= 0.6 is 0 Å². The number of aromatic nitrogens is 1. The van der Waals surface area contributed by atoms with E-state index < -0.39 is 6.41 Å². The molecule has 1 N–H and O–H groups in total. The van der Waals surface area contributed by atoms with Crippen molar-refractivity contribution in [3.05, 3.63) is 35.5 Å². The third kappa shape index (κ3) is 2.68. The van der Waals surface area contributed by atoms with Crippen LogP contribution in [0.15, 0.2) is 24.3 Å². The molecule has 20 heavy (non-hydrogen) atoms. The van der Waals surface area contributed by atoms with E-state index in [-0.39, 0.29) is 6.61 Å². The second-order valence-corrected chi connectivity index (χ2v) is 4.27. The van der Waals surface area contributed by atoms with E-state index in [1.54, 1.807) is 16.7 Å². The number of hydrogen-bond acceptors (Lipinski definition) is 4. The average Bonchev–Trinajstić information content (AvgIpc) is 2.84. The topological polar surface area (TPSA) is 67.4 Å². The zero-order valence-electron chi connectivity index (χ0n) is 11.7. The lowest BCUT2D eigenvalue weighted by atomic mass is 10.2. The van der Waals surface area contributed by atoms with Gasteiger partial charge in [0.2, 0.25) is 6.41 Å². The van der Waals surface area contributed by atoms with Crippen molar-refractivity contribution >= 4 is 10.9 Å². The normalized spacial score (nSPS) is 11.2. The standard InChI is InChI=1S/C15H18N2O3/c1-3-19-15(20-4-2)17-13(10-18)8-12-6-5-11(9-16)7-14(12)17/h5-8,15,18H,3-4,10H2,1-2H3. The molecule has 5 nitrogen and oxygen atoms in total.